The molecule has 1 aromatic heterocycles. The lowest BCUT2D eigenvalue weighted by molar-refractivity contribution is 0.679. The van der Waals surface area contributed by atoms with Gasteiger partial charge in [0.25, 0.3) is 0 Å². The van der Waals surface area contributed by atoms with Crippen LogP contribution in [0.5, 0.6) is 0 Å². The lowest BCUT2D eigenvalue weighted by atomic mass is 10.4. The van der Waals surface area contributed by atoms with Crippen LogP contribution in [0.25, 0.3) is 0 Å². The molecular weight excluding hydrogens is 164 g/mol. The minimum Gasteiger partial charge on any atom is -0.367 e. The van der Waals surface area contributed by atoms with Gasteiger partial charge in [0.15, 0.2) is 0 Å². The van der Waals surface area contributed by atoms with Crippen molar-refractivity contribution in [3.05, 3.63) is 17.4 Å². The highest BCUT2D eigenvalue weighted by Gasteiger charge is 1.95. The SMILES string of the molecule is C/C(=C\Cl)Cn1cnc(N)n1. The molecule has 0 aliphatic rings. The zero-order chi connectivity index (χ0) is 8.27. The van der Waals surface area contributed by atoms with Crippen molar-refractivity contribution in [3.8, 4) is 0 Å². The number of allylic oxidation sites excluding steroid dienone is 1. The molecule has 0 aromatic carbocycles. The first-order valence-electron chi connectivity index (χ1n) is 3.13. The molecule has 0 aliphatic heterocycles. The van der Waals surface area contributed by atoms with Gasteiger partial charge in [0, 0.05) is 5.54 Å². The van der Waals surface area contributed by atoms with Crippen molar-refractivity contribution in [1.29, 1.82) is 0 Å². The van der Waals surface area contributed by atoms with E-state index < -0.39 is 0 Å². The largest absolute Gasteiger partial charge is 0.367 e. The van der Waals surface area contributed by atoms with Crippen LogP contribution in [0.1, 0.15) is 6.92 Å². The third-order valence-electron chi connectivity index (χ3n) is 1.15. The van der Waals surface area contributed by atoms with Gasteiger partial charge in [-0.05, 0) is 12.5 Å². The average molecular weight is 173 g/mol. The Bertz CT molecular complexity index is 265. The Morgan fingerprint density at radius 2 is 2.64 bits per heavy atom. The van der Waals surface area contributed by atoms with Crippen molar-refractivity contribution in [1.82, 2.24) is 14.8 Å². The third kappa shape index (κ3) is 2.23. The van der Waals surface area contributed by atoms with Gasteiger partial charge in [0.1, 0.15) is 6.33 Å². The molecule has 0 amide bonds. The minimum absolute atomic E-state index is 0.285. The Morgan fingerprint density at radius 3 is 3.09 bits per heavy atom. The van der Waals surface area contributed by atoms with Gasteiger partial charge in [0.2, 0.25) is 5.95 Å². The molecule has 1 rings (SSSR count). The number of anilines is 1. The van der Waals surface area contributed by atoms with Gasteiger partial charge < -0.3 is 5.73 Å². The zero-order valence-electron chi connectivity index (χ0n) is 6.16. The molecule has 0 unspecified atom stereocenters. The molecule has 1 heterocycles. The predicted octanol–water partition coefficient (Wildman–Crippen LogP) is 1.00. The summed E-state index contributed by atoms with van der Waals surface area (Å²) < 4.78 is 1.63. The van der Waals surface area contributed by atoms with Gasteiger partial charge in [0.05, 0.1) is 6.54 Å². The topological polar surface area (TPSA) is 56.7 Å². The molecule has 11 heavy (non-hydrogen) atoms. The van der Waals surface area contributed by atoms with Gasteiger partial charge in [-0.25, -0.2) is 9.67 Å². The smallest absolute Gasteiger partial charge is 0.239 e. The Hall–Kier alpha value is -1.03. The molecule has 0 atom stereocenters. The van der Waals surface area contributed by atoms with Crippen molar-refractivity contribution in [2.45, 2.75) is 13.5 Å². The van der Waals surface area contributed by atoms with Gasteiger partial charge in [-0.3, -0.25) is 0 Å². The molecule has 0 radical (unpaired) electrons. The van der Waals surface area contributed by atoms with Crippen molar-refractivity contribution < 1.29 is 0 Å². The summed E-state index contributed by atoms with van der Waals surface area (Å²) in [7, 11) is 0. The van der Waals surface area contributed by atoms with Crippen LogP contribution >= 0.6 is 11.6 Å². The summed E-state index contributed by atoms with van der Waals surface area (Å²) in [4.78, 5) is 3.76. The number of aromatic nitrogens is 3. The fourth-order valence-electron chi connectivity index (χ4n) is 0.675. The van der Waals surface area contributed by atoms with Gasteiger partial charge in [-0.1, -0.05) is 11.6 Å². The summed E-state index contributed by atoms with van der Waals surface area (Å²) in [5, 5.41) is 3.88. The van der Waals surface area contributed by atoms with Crippen molar-refractivity contribution in [3.63, 3.8) is 0 Å². The maximum atomic E-state index is 5.45. The summed E-state index contributed by atoms with van der Waals surface area (Å²) >= 11 is 5.45. The average Bonchev–Trinajstić information content (AvgIpc) is 2.35. The maximum absolute atomic E-state index is 5.45. The van der Waals surface area contributed by atoms with E-state index in [9.17, 15) is 0 Å². The molecule has 0 aliphatic carbocycles. The molecule has 0 bridgehead atoms. The first kappa shape index (κ1) is 8.07. The maximum Gasteiger partial charge on any atom is 0.239 e. The second-order valence-electron chi connectivity index (χ2n) is 2.26. The normalized spacial score (nSPS) is 12.0. The van der Waals surface area contributed by atoms with E-state index >= 15 is 0 Å². The van der Waals surface area contributed by atoms with Crippen LogP contribution in [-0.4, -0.2) is 14.8 Å². The Morgan fingerprint density at radius 1 is 1.91 bits per heavy atom. The number of nitrogens with two attached hydrogens (primary N) is 1. The number of hydrogen-bond donors (Lipinski definition) is 1. The first-order valence-corrected chi connectivity index (χ1v) is 3.57. The monoisotopic (exact) mass is 172 g/mol. The first-order chi connectivity index (χ1) is 5.22. The van der Waals surface area contributed by atoms with Crippen molar-refractivity contribution in [2.24, 2.45) is 0 Å². The van der Waals surface area contributed by atoms with Crippen LogP contribution in [0.2, 0.25) is 0 Å². The van der Waals surface area contributed by atoms with Crippen molar-refractivity contribution >= 4 is 17.5 Å². The Balaban J connectivity index is 2.65. The number of nitrogens with zero attached hydrogens (tertiary/aromatic N) is 3. The highest BCUT2D eigenvalue weighted by Crippen LogP contribution is 1.99. The van der Waals surface area contributed by atoms with Crippen LogP contribution in [0.4, 0.5) is 5.95 Å². The van der Waals surface area contributed by atoms with E-state index in [4.69, 9.17) is 17.3 Å². The Labute approximate surface area is 69.7 Å². The van der Waals surface area contributed by atoms with E-state index in [1.54, 1.807) is 11.0 Å². The molecule has 0 spiro atoms. The van der Waals surface area contributed by atoms with Crippen LogP contribution in [0.3, 0.4) is 0 Å². The zero-order valence-corrected chi connectivity index (χ0v) is 6.91. The molecule has 0 fully saturated rings. The molecule has 4 nitrogen and oxygen atoms in total. The number of rotatable bonds is 2. The highest BCUT2D eigenvalue weighted by molar-refractivity contribution is 6.25. The van der Waals surface area contributed by atoms with Gasteiger partial charge in [-0.2, -0.15) is 0 Å². The lowest BCUT2D eigenvalue weighted by Crippen LogP contribution is -2.00. The fraction of sp³-hybridized carbons (Fsp3) is 0.333. The molecule has 0 saturated heterocycles. The van der Waals surface area contributed by atoms with E-state index in [2.05, 4.69) is 10.1 Å². The van der Waals surface area contributed by atoms with E-state index in [-0.39, 0.29) is 5.95 Å². The van der Waals surface area contributed by atoms with Crippen molar-refractivity contribution in [2.75, 3.05) is 5.73 Å². The summed E-state index contributed by atoms with van der Waals surface area (Å²) in [5.41, 5.74) is 7.82. The second-order valence-corrected chi connectivity index (χ2v) is 2.47. The fourth-order valence-corrected chi connectivity index (χ4v) is 0.744. The van der Waals surface area contributed by atoms with Gasteiger partial charge in [-0.15, -0.1) is 5.10 Å². The van der Waals surface area contributed by atoms with Crippen LogP contribution in [-0.2, 0) is 6.54 Å². The summed E-state index contributed by atoms with van der Waals surface area (Å²) in [6.45, 7) is 2.54. The molecule has 60 valence electrons. The van der Waals surface area contributed by atoms with Gasteiger partial charge >= 0.3 is 0 Å². The minimum atomic E-state index is 0.285. The second kappa shape index (κ2) is 3.39. The number of halogens is 1. The molecule has 2 N–H and O–H groups in total. The quantitative estimate of drug-likeness (QED) is 0.724. The van der Waals surface area contributed by atoms with Crippen LogP contribution in [0.15, 0.2) is 17.4 Å². The standard InChI is InChI=1S/C6H9ClN4/c1-5(2-7)3-11-4-9-6(8)10-11/h2,4H,3H2,1H3,(H2,8,10)/b5-2+. The Kier molecular flexibility index (Phi) is 2.48. The van der Waals surface area contributed by atoms with E-state index in [1.165, 1.54) is 5.54 Å². The number of hydrogen-bond acceptors (Lipinski definition) is 3. The molecular formula is C6H9ClN4. The highest BCUT2D eigenvalue weighted by atomic mass is 35.5. The van der Waals surface area contributed by atoms with E-state index in [0.717, 1.165) is 5.57 Å². The third-order valence-corrected chi connectivity index (χ3v) is 1.52. The van der Waals surface area contributed by atoms with Crippen LogP contribution < -0.4 is 5.73 Å². The molecule has 5 heteroatoms. The van der Waals surface area contributed by atoms with E-state index in [0.29, 0.717) is 6.54 Å². The summed E-state index contributed by atoms with van der Waals surface area (Å²) in [6, 6.07) is 0. The lowest BCUT2D eigenvalue weighted by Gasteiger charge is -1.97. The van der Waals surface area contributed by atoms with E-state index in [1.807, 2.05) is 6.92 Å². The predicted molar refractivity (Wildman–Crippen MR) is 44.0 cm³/mol. The molecule has 0 saturated carbocycles. The summed E-state index contributed by atoms with van der Waals surface area (Å²) in [6.07, 6.45) is 1.57. The number of nitrogen functional groups attached to an aromatic ring is 1. The van der Waals surface area contributed by atoms with Crippen LogP contribution in [0, 0.1) is 0 Å². The summed E-state index contributed by atoms with van der Waals surface area (Å²) in [5.74, 6) is 0.285. The molecule has 1 aromatic rings.